The molecule has 0 aromatic carbocycles. The Morgan fingerprint density at radius 2 is 2.00 bits per heavy atom. The fourth-order valence-corrected chi connectivity index (χ4v) is 3.86. The molecule has 0 spiro atoms. The van der Waals surface area contributed by atoms with E-state index in [1.165, 1.54) is 25.7 Å². The highest BCUT2D eigenvalue weighted by atomic mass is 16.5. The normalized spacial score (nSPS) is 23.4. The molecular formula is C18H31N5O2. The molecule has 7 nitrogen and oxygen atoms in total. The van der Waals surface area contributed by atoms with Crippen molar-refractivity contribution in [2.75, 3.05) is 26.2 Å². The van der Waals surface area contributed by atoms with Gasteiger partial charge in [0, 0.05) is 19.1 Å². The van der Waals surface area contributed by atoms with Crippen LogP contribution in [0.25, 0.3) is 0 Å². The van der Waals surface area contributed by atoms with Crippen LogP contribution in [0.4, 0.5) is 0 Å². The van der Waals surface area contributed by atoms with Crippen LogP contribution >= 0.6 is 0 Å². The largest absolute Gasteiger partial charge is 0.374 e. The molecule has 3 rings (SSSR count). The van der Waals surface area contributed by atoms with Gasteiger partial charge in [-0.1, -0.05) is 25.7 Å². The molecular weight excluding hydrogens is 318 g/mol. The zero-order valence-corrected chi connectivity index (χ0v) is 15.5. The highest BCUT2D eigenvalue weighted by molar-refractivity contribution is 5.78. The van der Waals surface area contributed by atoms with Crippen LogP contribution < -0.4 is 5.32 Å². The molecule has 7 heteroatoms. The number of hydrogen-bond acceptors (Lipinski definition) is 5. The second-order valence-electron chi connectivity index (χ2n) is 7.37. The number of hydrogen-bond donors (Lipinski definition) is 1. The molecule has 0 radical (unpaired) electrons. The lowest BCUT2D eigenvalue weighted by atomic mass is 10.1. The molecule has 2 aliphatic rings. The SMILES string of the molecule is Cc1nc(C)n(CC2CN(CC(=O)NC3CCCCCC3)CCO2)n1. The van der Waals surface area contributed by atoms with Crippen LogP contribution in [0, 0.1) is 13.8 Å². The fourth-order valence-electron chi connectivity index (χ4n) is 3.86. The predicted octanol–water partition coefficient (Wildman–Crippen LogP) is 1.43. The van der Waals surface area contributed by atoms with Gasteiger partial charge in [-0.2, -0.15) is 5.10 Å². The standard InChI is InChI=1S/C18H31N5O2/c1-14-19-15(2)23(21-14)12-17-11-22(9-10-25-17)13-18(24)20-16-7-5-3-4-6-8-16/h16-17H,3-13H2,1-2H3,(H,20,24). The summed E-state index contributed by atoms with van der Waals surface area (Å²) >= 11 is 0. The molecule has 2 heterocycles. The molecule has 1 aliphatic heterocycles. The Morgan fingerprint density at radius 1 is 1.24 bits per heavy atom. The van der Waals surface area contributed by atoms with Crippen molar-refractivity contribution >= 4 is 5.91 Å². The molecule has 1 aromatic rings. The smallest absolute Gasteiger partial charge is 0.234 e. The third-order valence-corrected chi connectivity index (χ3v) is 5.15. The van der Waals surface area contributed by atoms with Crippen LogP contribution in [0.1, 0.15) is 50.2 Å². The molecule has 1 saturated heterocycles. The van der Waals surface area contributed by atoms with Gasteiger partial charge < -0.3 is 10.1 Å². The monoisotopic (exact) mass is 349 g/mol. The van der Waals surface area contributed by atoms with Crippen molar-refractivity contribution in [2.45, 2.75) is 71.1 Å². The number of ether oxygens (including phenoxy) is 1. The number of aryl methyl sites for hydroxylation is 2. The summed E-state index contributed by atoms with van der Waals surface area (Å²) in [4.78, 5) is 18.9. The fraction of sp³-hybridized carbons (Fsp3) is 0.833. The average Bonchev–Trinajstić information content (AvgIpc) is 2.76. The summed E-state index contributed by atoms with van der Waals surface area (Å²) in [5.41, 5.74) is 0. The van der Waals surface area contributed by atoms with Gasteiger partial charge in [0.25, 0.3) is 0 Å². The lowest BCUT2D eigenvalue weighted by Gasteiger charge is -2.32. The van der Waals surface area contributed by atoms with Gasteiger partial charge >= 0.3 is 0 Å². The zero-order valence-electron chi connectivity index (χ0n) is 15.5. The molecule has 1 amide bonds. The Morgan fingerprint density at radius 3 is 2.68 bits per heavy atom. The second kappa shape index (κ2) is 8.76. The van der Waals surface area contributed by atoms with Gasteiger partial charge in [0.15, 0.2) is 0 Å². The first-order chi connectivity index (χ1) is 12.1. The van der Waals surface area contributed by atoms with Crippen LogP contribution in [-0.4, -0.2) is 64.0 Å². The number of carbonyl (C=O) groups is 1. The maximum absolute atomic E-state index is 12.4. The minimum Gasteiger partial charge on any atom is -0.374 e. The Kier molecular flexibility index (Phi) is 6.42. The van der Waals surface area contributed by atoms with Crippen LogP contribution in [-0.2, 0) is 16.1 Å². The minimum absolute atomic E-state index is 0.0548. The second-order valence-corrected chi connectivity index (χ2v) is 7.37. The Balaban J connectivity index is 1.46. The van der Waals surface area contributed by atoms with Crippen LogP contribution in [0.15, 0.2) is 0 Å². The topological polar surface area (TPSA) is 72.3 Å². The maximum atomic E-state index is 12.4. The number of carbonyl (C=O) groups excluding carboxylic acids is 1. The first kappa shape index (κ1) is 18.3. The predicted molar refractivity (Wildman–Crippen MR) is 95.3 cm³/mol. The highest BCUT2D eigenvalue weighted by Gasteiger charge is 2.24. The van der Waals surface area contributed by atoms with E-state index >= 15 is 0 Å². The van der Waals surface area contributed by atoms with Gasteiger partial charge in [0.05, 0.1) is 25.8 Å². The minimum atomic E-state index is 0.0548. The van der Waals surface area contributed by atoms with Gasteiger partial charge in [-0.25, -0.2) is 9.67 Å². The van der Waals surface area contributed by atoms with Crippen LogP contribution in [0.2, 0.25) is 0 Å². The molecule has 25 heavy (non-hydrogen) atoms. The van der Waals surface area contributed by atoms with E-state index in [-0.39, 0.29) is 12.0 Å². The van der Waals surface area contributed by atoms with Gasteiger partial charge in [0.1, 0.15) is 11.6 Å². The zero-order chi connectivity index (χ0) is 17.6. The summed E-state index contributed by atoms with van der Waals surface area (Å²) in [7, 11) is 0. The lowest BCUT2D eigenvalue weighted by Crippen LogP contribution is -2.49. The quantitative estimate of drug-likeness (QED) is 0.814. The highest BCUT2D eigenvalue weighted by Crippen LogP contribution is 2.17. The van der Waals surface area contributed by atoms with E-state index in [1.807, 2.05) is 18.5 Å². The molecule has 1 aromatic heterocycles. The first-order valence-corrected chi connectivity index (χ1v) is 9.61. The molecule has 1 unspecified atom stereocenters. The van der Waals surface area contributed by atoms with Crippen molar-refractivity contribution in [3.8, 4) is 0 Å². The first-order valence-electron chi connectivity index (χ1n) is 9.61. The Hall–Kier alpha value is -1.47. The number of nitrogens with zero attached hydrogens (tertiary/aromatic N) is 4. The van der Waals surface area contributed by atoms with Gasteiger partial charge in [-0.15, -0.1) is 0 Å². The Labute approximate surface area is 150 Å². The summed E-state index contributed by atoms with van der Waals surface area (Å²) in [6.07, 6.45) is 7.39. The van der Waals surface area contributed by atoms with Crippen LogP contribution in [0.3, 0.4) is 0 Å². The van der Waals surface area contributed by atoms with Crippen LogP contribution in [0.5, 0.6) is 0 Å². The molecule has 1 saturated carbocycles. The van der Waals surface area contributed by atoms with Gasteiger partial charge in [-0.3, -0.25) is 9.69 Å². The molecule has 1 aliphatic carbocycles. The van der Waals surface area contributed by atoms with Gasteiger partial charge in [0.2, 0.25) is 5.91 Å². The molecule has 0 bridgehead atoms. The van der Waals surface area contributed by atoms with E-state index in [4.69, 9.17) is 4.74 Å². The summed E-state index contributed by atoms with van der Waals surface area (Å²) in [6.45, 7) is 7.24. The van der Waals surface area contributed by atoms with Crippen molar-refractivity contribution in [3.63, 3.8) is 0 Å². The molecule has 1 N–H and O–H groups in total. The average molecular weight is 349 g/mol. The summed E-state index contributed by atoms with van der Waals surface area (Å²) in [5.74, 6) is 1.85. The van der Waals surface area contributed by atoms with Crippen molar-refractivity contribution < 1.29 is 9.53 Å². The van der Waals surface area contributed by atoms with Crippen molar-refractivity contribution in [1.82, 2.24) is 25.0 Å². The third-order valence-electron chi connectivity index (χ3n) is 5.15. The van der Waals surface area contributed by atoms with Crippen molar-refractivity contribution in [2.24, 2.45) is 0 Å². The van der Waals surface area contributed by atoms with E-state index in [2.05, 4.69) is 20.3 Å². The number of nitrogens with one attached hydrogen (secondary N) is 1. The van der Waals surface area contributed by atoms with Crippen molar-refractivity contribution in [1.29, 1.82) is 0 Å². The van der Waals surface area contributed by atoms with E-state index in [0.29, 0.717) is 25.7 Å². The van der Waals surface area contributed by atoms with E-state index < -0.39 is 0 Å². The van der Waals surface area contributed by atoms with Crippen molar-refractivity contribution in [3.05, 3.63) is 11.6 Å². The molecule has 2 fully saturated rings. The summed E-state index contributed by atoms with van der Waals surface area (Å²) < 4.78 is 7.76. The molecule has 1 atom stereocenters. The Bertz CT molecular complexity index is 566. The maximum Gasteiger partial charge on any atom is 0.234 e. The third kappa shape index (κ3) is 5.51. The summed E-state index contributed by atoms with van der Waals surface area (Å²) in [6, 6.07) is 0.368. The number of rotatable bonds is 5. The lowest BCUT2D eigenvalue weighted by molar-refractivity contribution is -0.125. The summed E-state index contributed by atoms with van der Waals surface area (Å²) in [5, 5.41) is 7.64. The number of morpholine rings is 1. The van der Waals surface area contributed by atoms with Gasteiger partial charge in [-0.05, 0) is 26.7 Å². The number of amides is 1. The van der Waals surface area contributed by atoms with E-state index in [1.54, 1.807) is 0 Å². The molecule has 140 valence electrons. The van der Waals surface area contributed by atoms with E-state index in [9.17, 15) is 4.79 Å². The number of aromatic nitrogens is 3. The van der Waals surface area contributed by atoms with E-state index in [0.717, 1.165) is 37.6 Å².